The molecule has 4 nitrogen and oxygen atoms in total. The molecule has 2 fully saturated rings. The van der Waals surface area contributed by atoms with E-state index in [4.69, 9.17) is 27.9 Å². The van der Waals surface area contributed by atoms with Gasteiger partial charge in [-0.15, -0.1) is 23.2 Å². The SMILES string of the molecule is CCOc1ccccc1N1CCN(C(=O)C2(C)CC2(Cl)Cl)CC1. The molecule has 6 heteroatoms. The highest BCUT2D eigenvalue weighted by molar-refractivity contribution is 6.53. The number of rotatable bonds is 4. The summed E-state index contributed by atoms with van der Waals surface area (Å²) in [5.41, 5.74) is 0.463. The van der Waals surface area contributed by atoms with Gasteiger partial charge in [0.15, 0.2) is 0 Å². The number of halogens is 2. The van der Waals surface area contributed by atoms with Gasteiger partial charge in [0.25, 0.3) is 0 Å². The lowest BCUT2D eigenvalue weighted by atomic mass is 10.1. The topological polar surface area (TPSA) is 32.8 Å². The van der Waals surface area contributed by atoms with Crippen molar-refractivity contribution in [2.24, 2.45) is 5.41 Å². The molecule has 1 aliphatic carbocycles. The third kappa shape index (κ3) is 2.99. The summed E-state index contributed by atoms with van der Waals surface area (Å²) in [6.45, 7) is 7.40. The first-order chi connectivity index (χ1) is 10.9. The van der Waals surface area contributed by atoms with Crippen LogP contribution in [0.3, 0.4) is 0 Å². The van der Waals surface area contributed by atoms with E-state index in [0.717, 1.165) is 24.5 Å². The number of carbonyl (C=O) groups excluding carboxylic acids is 1. The summed E-state index contributed by atoms with van der Waals surface area (Å²) in [5, 5.41) is 0. The maximum atomic E-state index is 12.6. The number of piperazine rings is 1. The number of hydrogen-bond acceptors (Lipinski definition) is 3. The molecule has 1 aromatic carbocycles. The van der Waals surface area contributed by atoms with E-state index in [0.29, 0.717) is 26.1 Å². The van der Waals surface area contributed by atoms with E-state index in [1.165, 1.54) is 0 Å². The molecule has 0 bridgehead atoms. The lowest BCUT2D eigenvalue weighted by Crippen LogP contribution is -2.51. The number of amides is 1. The summed E-state index contributed by atoms with van der Waals surface area (Å²) in [6, 6.07) is 8.03. The highest BCUT2D eigenvalue weighted by Crippen LogP contribution is 2.64. The Morgan fingerprint density at radius 3 is 2.39 bits per heavy atom. The molecule has 1 unspecified atom stereocenters. The van der Waals surface area contributed by atoms with Crippen molar-refractivity contribution in [3.63, 3.8) is 0 Å². The second-order valence-electron chi connectivity index (χ2n) is 6.39. The van der Waals surface area contributed by atoms with Crippen LogP contribution in [-0.4, -0.2) is 47.9 Å². The Morgan fingerprint density at radius 2 is 1.83 bits per heavy atom. The molecular weight excluding hydrogens is 335 g/mol. The van der Waals surface area contributed by atoms with Gasteiger partial charge < -0.3 is 14.5 Å². The van der Waals surface area contributed by atoms with Crippen LogP contribution in [0, 0.1) is 5.41 Å². The van der Waals surface area contributed by atoms with Crippen LogP contribution < -0.4 is 9.64 Å². The van der Waals surface area contributed by atoms with Gasteiger partial charge in [-0.25, -0.2) is 0 Å². The Bertz CT molecular complexity index is 600. The first kappa shape index (κ1) is 16.7. The van der Waals surface area contributed by atoms with Crippen LogP contribution in [0.4, 0.5) is 5.69 Å². The highest BCUT2D eigenvalue weighted by Gasteiger charge is 2.68. The number of ether oxygens (including phenoxy) is 1. The molecule has 1 saturated carbocycles. The van der Waals surface area contributed by atoms with Gasteiger partial charge >= 0.3 is 0 Å². The average molecular weight is 357 g/mol. The van der Waals surface area contributed by atoms with Crippen LogP contribution in [0.2, 0.25) is 0 Å². The molecule has 0 radical (unpaired) electrons. The zero-order valence-corrected chi connectivity index (χ0v) is 15.0. The molecule has 1 atom stereocenters. The molecule has 1 aliphatic heterocycles. The van der Waals surface area contributed by atoms with E-state index in [2.05, 4.69) is 11.0 Å². The first-order valence-electron chi connectivity index (χ1n) is 8.03. The first-order valence-corrected chi connectivity index (χ1v) is 8.78. The molecule has 126 valence electrons. The van der Waals surface area contributed by atoms with Gasteiger partial charge in [0.05, 0.1) is 17.7 Å². The summed E-state index contributed by atoms with van der Waals surface area (Å²) in [6.07, 6.45) is 0.537. The molecular formula is C17H22Cl2N2O2. The Kier molecular flexibility index (Phi) is 4.41. The fourth-order valence-corrected chi connectivity index (χ4v) is 3.82. The number of carbonyl (C=O) groups is 1. The van der Waals surface area contributed by atoms with Crippen molar-refractivity contribution in [1.82, 2.24) is 4.90 Å². The predicted octanol–water partition coefficient (Wildman–Crippen LogP) is 3.32. The molecule has 2 aliphatic rings. The molecule has 3 rings (SSSR count). The maximum Gasteiger partial charge on any atom is 0.231 e. The smallest absolute Gasteiger partial charge is 0.231 e. The summed E-state index contributed by atoms with van der Waals surface area (Å²) < 4.78 is 4.80. The molecule has 0 aromatic heterocycles. The van der Waals surface area contributed by atoms with Crippen LogP contribution >= 0.6 is 23.2 Å². The van der Waals surface area contributed by atoms with E-state index in [9.17, 15) is 4.79 Å². The average Bonchev–Trinajstić information content (AvgIpc) is 3.07. The van der Waals surface area contributed by atoms with Crippen molar-refractivity contribution in [1.29, 1.82) is 0 Å². The van der Waals surface area contributed by atoms with Crippen molar-refractivity contribution in [3.8, 4) is 5.75 Å². The molecule has 23 heavy (non-hydrogen) atoms. The number of anilines is 1. The lowest BCUT2D eigenvalue weighted by molar-refractivity contribution is -0.136. The maximum absolute atomic E-state index is 12.6. The number of para-hydroxylation sites is 2. The number of benzene rings is 1. The van der Waals surface area contributed by atoms with Crippen molar-refractivity contribution >= 4 is 34.8 Å². The summed E-state index contributed by atoms with van der Waals surface area (Å²) in [5.74, 6) is 0.963. The molecule has 1 heterocycles. The number of alkyl halides is 2. The van der Waals surface area contributed by atoms with E-state index < -0.39 is 9.75 Å². The normalized spacial score (nSPS) is 26.1. The van der Waals surface area contributed by atoms with Crippen LogP contribution in [-0.2, 0) is 4.79 Å². The van der Waals surface area contributed by atoms with E-state index in [1.807, 2.05) is 36.9 Å². The van der Waals surface area contributed by atoms with Crippen LogP contribution in [0.15, 0.2) is 24.3 Å². The zero-order chi connectivity index (χ0) is 16.7. The Morgan fingerprint density at radius 1 is 1.22 bits per heavy atom. The monoisotopic (exact) mass is 356 g/mol. The number of nitrogens with zero attached hydrogens (tertiary/aromatic N) is 2. The number of hydrogen-bond donors (Lipinski definition) is 0. The quantitative estimate of drug-likeness (QED) is 0.775. The zero-order valence-electron chi connectivity index (χ0n) is 13.5. The third-order valence-corrected chi connectivity index (χ3v) is 5.90. The van der Waals surface area contributed by atoms with Crippen molar-refractivity contribution in [2.75, 3.05) is 37.7 Å². The van der Waals surface area contributed by atoms with Crippen LogP contribution in [0.5, 0.6) is 5.75 Å². The standard InChI is InChI=1S/C17H22Cl2N2O2/c1-3-23-14-7-5-4-6-13(14)20-8-10-21(11-9-20)15(22)16(2)12-17(16,18)19/h4-7H,3,8-12H2,1-2H3. The third-order valence-electron chi connectivity index (χ3n) is 4.80. The van der Waals surface area contributed by atoms with Gasteiger partial charge in [0, 0.05) is 26.2 Å². The Balaban J connectivity index is 1.64. The minimum atomic E-state index is -0.900. The fourth-order valence-electron chi connectivity index (χ4n) is 3.13. The Hall–Kier alpha value is -1.13. The fraction of sp³-hybridized carbons (Fsp3) is 0.588. The predicted molar refractivity (Wildman–Crippen MR) is 93.6 cm³/mol. The second-order valence-corrected chi connectivity index (χ2v) is 7.88. The second kappa shape index (κ2) is 6.06. The van der Waals surface area contributed by atoms with Crippen LogP contribution in [0.1, 0.15) is 20.3 Å². The largest absolute Gasteiger partial charge is 0.492 e. The van der Waals surface area contributed by atoms with Gasteiger partial charge in [-0.2, -0.15) is 0 Å². The molecule has 1 saturated heterocycles. The van der Waals surface area contributed by atoms with Crippen molar-refractivity contribution < 1.29 is 9.53 Å². The van der Waals surface area contributed by atoms with E-state index in [1.54, 1.807) is 0 Å². The highest BCUT2D eigenvalue weighted by atomic mass is 35.5. The van der Waals surface area contributed by atoms with Crippen molar-refractivity contribution in [2.45, 2.75) is 24.6 Å². The molecule has 1 aromatic rings. The van der Waals surface area contributed by atoms with Gasteiger partial charge in [0.2, 0.25) is 5.91 Å². The summed E-state index contributed by atoms with van der Waals surface area (Å²) in [7, 11) is 0. The van der Waals surface area contributed by atoms with Gasteiger partial charge in [-0.1, -0.05) is 12.1 Å². The van der Waals surface area contributed by atoms with Crippen molar-refractivity contribution in [3.05, 3.63) is 24.3 Å². The summed E-state index contributed by atoms with van der Waals surface area (Å²) >= 11 is 12.3. The molecule has 1 amide bonds. The van der Waals surface area contributed by atoms with Gasteiger partial charge in [-0.3, -0.25) is 4.79 Å². The molecule has 0 spiro atoms. The molecule has 0 N–H and O–H groups in total. The van der Waals surface area contributed by atoms with E-state index in [-0.39, 0.29) is 5.91 Å². The van der Waals surface area contributed by atoms with Gasteiger partial charge in [-0.05, 0) is 32.4 Å². The van der Waals surface area contributed by atoms with E-state index >= 15 is 0 Å². The minimum absolute atomic E-state index is 0.0697. The lowest BCUT2D eigenvalue weighted by Gasteiger charge is -2.38. The Labute approximate surface area is 147 Å². The minimum Gasteiger partial charge on any atom is -0.492 e. The van der Waals surface area contributed by atoms with Gasteiger partial charge in [0.1, 0.15) is 10.1 Å². The van der Waals surface area contributed by atoms with Crippen LogP contribution in [0.25, 0.3) is 0 Å². The summed E-state index contributed by atoms with van der Waals surface area (Å²) in [4.78, 5) is 16.8.